The third kappa shape index (κ3) is 1.98. The molecule has 2 aromatic rings. The number of aryl methyl sites for hydroxylation is 1. The summed E-state index contributed by atoms with van der Waals surface area (Å²) in [6, 6.07) is 11.6. The molecule has 18 heavy (non-hydrogen) atoms. The smallest absolute Gasteiger partial charge is 0.136 e. The third-order valence-corrected chi connectivity index (χ3v) is 3.71. The van der Waals surface area contributed by atoms with Crippen molar-refractivity contribution < 1.29 is 4.74 Å². The molecule has 1 heterocycles. The van der Waals surface area contributed by atoms with Crippen LogP contribution in [0.4, 0.5) is 0 Å². The molecule has 3 heteroatoms. The Bertz CT molecular complexity index is 593. The Labute approximate surface area is 116 Å². The lowest BCUT2D eigenvalue weighted by atomic mass is 9.97. The first-order chi connectivity index (χ1) is 8.77. The van der Waals surface area contributed by atoms with Gasteiger partial charge in [0, 0.05) is 16.1 Å². The fraction of sp³-hybridized carbons (Fsp3) is 0.133. The molecule has 3 rings (SSSR count). The maximum absolute atomic E-state index is 6.32. The van der Waals surface area contributed by atoms with Gasteiger partial charge in [-0.05, 0) is 30.5 Å². The summed E-state index contributed by atoms with van der Waals surface area (Å²) in [6.45, 7) is 1.82. The summed E-state index contributed by atoms with van der Waals surface area (Å²) in [7, 11) is 0. The lowest BCUT2D eigenvalue weighted by molar-refractivity contribution is 0.368. The van der Waals surface area contributed by atoms with Crippen LogP contribution in [0.3, 0.4) is 0 Å². The number of benzene rings is 2. The highest BCUT2D eigenvalue weighted by molar-refractivity contribution is 6.36. The summed E-state index contributed by atoms with van der Waals surface area (Å²) in [5, 5.41) is 1.35. The van der Waals surface area contributed by atoms with Crippen molar-refractivity contribution >= 4 is 23.2 Å². The molecular formula is C15H11Cl2O. The molecule has 1 aliphatic heterocycles. The van der Waals surface area contributed by atoms with Crippen molar-refractivity contribution in [2.75, 3.05) is 0 Å². The van der Waals surface area contributed by atoms with Crippen molar-refractivity contribution in [2.24, 2.45) is 0 Å². The topological polar surface area (TPSA) is 9.23 Å². The third-order valence-electron chi connectivity index (χ3n) is 3.06. The van der Waals surface area contributed by atoms with Gasteiger partial charge in [0.1, 0.15) is 12.4 Å². The van der Waals surface area contributed by atoms with E-state index in [1.807, 2.05) is 43.0 Å². The van der Waals surface area contributed by atoms with Crippen LogP contribution in [0.25, 0.3) is 11.1 Å². The second-order valence-electron chi connectivity index (χ2n) is 4.21. The lowest BCUT2D eigenvalue weighted by Gasteiger charge is -2.21. The van der Waals surface area contributed by atoms with E-state index in [2.05, 4.69) is 0 Å². The van der Waals surface area contributed by atoms with Gasteiger partial charge in [-0.25, -0.2) is 0 Å². The van der Waals surface area contributed by atoms with E-state index in [1.54, 1.807) is 0 Å². The molecule has 0 aromatic heterocycles. The number of rotatable bonds is 1. The molecule has 0 fully saturated rings. The van der Waals surface area contributed by atoms with Crippen LogP contribution in [0.15, 0.2) is 36.4 Å². The molecule has 0 aliphatic carbocycles. The lowest BCUT2D eigenvalue weighted by Crippen LogP contribution is -2.05. The standard InChI is InChI=1S/C15H11Cl2O/c16-12-6-2-1-5-11(12)14-13(17)8-7-10-4-3-9-18-15(10)14/h1-2,5-9H,3-4H2. The van der Waals surface area contributed by atoms with Gasteiger partial charge in [0.15, 0.2) is 0 Å². The SMILES string of the molecule is Clc1ccccc1-c1c(Cl)ccc2c1O[CH]CC2. The van der Waals surface area contributed by atoms with E-state index in [4.69, 9.17) is 27.9 Å². The summed E-state index contributed by atoms with van der Waals surface area (Å²) in [5.74, 6) is 0.835. The van der Waals surface area contributed by atoms with E-state index in [9.17, 15) is 0 Å². The van der Waals surface area contributed by atoms with Crippen LogP contribution in [0.2, 0.25) is 10.0 Å². The Balaban J connectivity index is 2.25. The molecule has 0 N–H and O–H groups in total. The van der Waals surface area contributed by atoms with Gasteiger partial charge in [0.2, 0.25) is 0 Å². The molecule has 91 valence electrons. The van der Waals surface area contributed by atoms with Crippen LogP contribution >= 0.6 is 23.2 Å². The Kier molecular flexibility index (Phi) is 3.19. The maximum Gasteiger partial charge on any atom is 0.136 e. The van der Waals surface area contributed by atoms with Crippen molar-refractivity contribution in [2.45, 2.75) is 12.8 Å². The fourth-order valence-electron chi connectivity index (χ4n) is 2.20. The number of halogens is 2. The minimum Gasteiger partial charge on any atom is -0.486 e. The van der Waals surface area contributed by atoms with Gasteiger partial charge < -0.3 is 4.74 Å². The second-order valence-corrected chi connectivity index (χ2v) is 5.03. The zero-order valence-electron chi connectivity index (χ0n) is 9.62. The highest BCUT2D eigenvalue weighted by Gasteiger charge is 2.20. The molecule has 0 spiro atoms. The van der Waals surface area contributed by atoms with Gasteiger partial charge in [-0.15, -0.1) is 0 Å². The van der Waals surface area contributed by atoms with E-state index in [1.165, 1.54) is 5.56 Å². The minimum atomic E-state index is 0.664. The normalized spacial score (nSPS) is 13.9. The van der Waals surface area contributed by atoms with Gasteiger partial charge in [-0.2, -0.15) is 0 Å². The molecular weight excluding hydrogens is 267 g/mol. The largest absolute Gasteiger partial charge is 0.486 e. The number of ether oxygens (including phenoxy) is 1. The molecule has 1 nitrogen and oxygen atoms in total. The average molecular weight is 278 g/mol. The van der Waals surface area contributed by atoms with Crippen LogP contribution < -0.4 is 4.74 Å². The van der Waals surface area contributed by atoms with Gasteiger partial charge in [0.05, 0.1) is 5.02 Å². The first-order valence-corrected chi connectivity index (χ1v) is 6.57. The molecule has 0 saturated carbocycles. The van der Waals surface area contributed by atoms with Crippen LogP contribution in [0.1, 0.15) is 12.0 Å². The van der Waals surface area contributed by atoms with Crippen molar-refractivity contribution in [1.29, 1.82) is 0 Å². The van der Waals surface area contributed by atoms with Gasteiger partial charge in [-0.1, -0.05) is 47.5 Å². The maximum atomic E-state index is 6.32. The quantitative estimate of drug-likeness (QED) is 0.701. The van der Waals surface area contributed by atoms with Crippen molar-refractivity contribution in [3.8, 4) is 16.9 Å². The predicted octanol–water partition coefficient (Wildman–Crippen LogP) is 5.15. The van der Waals surface area contributed by atoms with Crippen LogP contribution in [0.5, 0.6) is 5.75 Å². The molecule has 0 unspecified atom stereocenters. The van der Waals surface area contributed by atoms with Crippen molar-refractivity contribution in [3.05, 3.63) is 58.6 Å². The Morgan fingerprint density at radius 3 is 2.61 bits per heavy atom. The molecule has 0 atom stereocenters. The zero-order chi connectivity index (χ0) is 12.5. The average Bonchev–Trinajstić information content (AvgIpc) is 2.40. The van der Waals surface area contributed by atoms with Crippen LogP contribution in [-0.4, -0.2) is 0 Å². The molecule has 0 amide bonds. The van der Waals surface area contributed by atoms with E-state index in [0.29, 0.717) is 10.0 Å². The summed E-state index contributed by atoms with van der Waals surface area (Å²) in [4.78, 5) is 0. The zero-order valence-corrected chi connectivity index (χ0v) is 11.1. The van der Waals surface area contributed by atoms with Crippen molar-refractivity contribution in [3.63, 3.8) is 0 Å². The minimum absolute atomic E-state index is 0.664. The number of hydrogen-bond acceptors (Lipinski definition) is 1. The molecule has 0 bridgehead atoms. The Morgan fingerprint density at radius 1 is 0.944 bits per heavy atom. The number of fused-ring (bicyclic) bond motifs is 1. The molecule has 1 radical (unpaired) electrons. The predicted molar refractivity (Wildman–Crippen MR) is 75.1 cm³/mol. The molecule has 1 aliphatic rings. The summed E-state index contributed by atoms with van der Waals surface area (Å²) >= 11 is 12.6. The van der Waals surface area contributed by atoms with Crippen LogP contribution in [-0.2, 0) is 6.42 Å². The van der Waals surface area contributed by atoms with Gasteiger partial charge in [-0.3, -0.25) is 0 Å². The summed E-state index contributed by atoms with van der Waals surface area (Å²) in [5.41, 5.74) is 2.98. The summed E-state index contributed by atoms with van der Waals surface area (Å²) < 4.78 is 5.68. The van der Waals surface area contributed by atoms with Crippen molar-refractivity contribution in [1.82, 2.24) is 0 Å². The Morgan fingerprint density at radius 2 is 1.78 bits per heavy atom. The van der Waals surface area contributed by atoms with Gasteiger partial charge in [0.25, 0.3) is 0 Å². The number of hydrogen-bond donors (Lipinski definition) is 0. The van der Waals surface area contributed by atoms with E-state index in [0.717, 1.165) is 29.7 Å². The van der Waals surface area contributed by atoms with E-state index in [-0.39, 0.29) is 0 Å². The second kappa shape index (κ2) is 4.83. The molecule has 0 saturated heterocycles. The first kappa shape index (κ1) is 11.9. The van der Waals surface area contributed by atoms with E-state index >= 15 is 0 Å². The summed E-state index contributed by atoms with van der Waals surface area (Å²) in [6.07, 6.45) is 1.90. The highest BCUT2D eigenvalue weighted by Crippen LogP contribution is 2.44. The monoisotopic (exact) mass is 277 g/mol. The Hall–Kier alpha value is -1.18. The molecule has 2 aromatic carbocycles. The highest BCUT2D eigenvalue weighted by atomic mass is 35.5. The van der Waals surface area contributed by atoms with E-state index < -0.39 is 0 Å². The first-order valence-electron chi connectivity index (χ1n) is 5.82. The fourth-order valence-corrected chi connectivity index (χ4v) is 2.69. The van der Waals surface area contributed by atoms with Gasteiger partial charge >= 0.3 is 0 Å². The van der Waals surface area contributed by atoms with Crippen LogP contribution in [0, 0.1) is 6.61 Å².